The second-order valence-electron chi connectivity index (χ2n) is 3.05. The fourth-order valence-electron chi connectivity index (χ4n) is 1.11. The average molecular weight is 389 g/mol. The topological polar surface area (TPSA) is 17.1 Å². The summed E-state index contributed by atoms with van der Waals surface area (Å²) in [7, 11) is 0. The molecule has 0 heterocycles. The molecule has 5 heteroatoms. The molecular weight excluding hydrogens is 381 g/mol. The van der Waals surface area contributed by atoms with Crippen molar-refractivity contribution >= 4 is 44.3 Å². The Morgan fingerprint density at radius 1 is 1.40 bits per heavy atom. The van der Waals surface area contributed by atoms with Gasteiger partial charge in [0.2, 0.25) is 0 Å². The summed E-state index contributed by atoms with van der Waals surface area (Å²) in [5.74, 6) is -0.185. The van der Waals surface area contributed by atoms with E-state index in [1.807, 2.05) is 22.6 Å². The molecule has 0 bridgehead atoms. The van der Waals surface area contributed by atoms with E-state index >= 15 is 0 Å². The quantitative estimate of drug-likeness (QED) is 0.431. The first-order valence-corrected chi connectivity index (χ1v) is 6.18. The van der Waals surface area contributed by atoms with Gasteiger partial charge in [0.15, 0.2) is 5.78 Å². The summed E-state index contributed by atoms with van der Waals surface area (Å²) in [5, 5.41) is 0. The van der Waals surface area contributed by atoms with Crippen LogP contribution in [-0.2, 0) is 0 Å². The highest BCUT2D eigenvalue weighted by atomic mass is 127. The lowest BCUT2D eigenvalue weighted by Gasteiger charge is -2.06. The Hall–Kier alpha value is -0.0400. The van der Waals surface area contributed by atoms with E-state index in [-0.39, 0.29) is 16.2 Å². The van der Waals surface area contributed by atoms with Gasteiger partial charge < -0.3 is 0 Å². The minimum absolute atomic E-state index is 0.113. The molecule has 0 saturated carbocycles. The van der Waals surface area contributed by atoms with E-state index in [0.717, 1.165) is 0 Å². The SMILES string of the molecule is CC(Br)C(=O)c1cc(I)cc(C(F)F)c1. The summed E-state index contributed by atoms with van der Waals surface area (Å²) in [6.07, 6.45) is -2.54. The molecule has 15 heavy (non-hydrogen) atoms. The summed E-state index contributed by atoms with van der Waals surface area (Å²) in [6, 6.07) is 4.22. The van der Waals surface area contributed by atoms with Crippen LogP contribution in [0.3, 0.4) is 0 Å². The predicted octanol–water partition coefficient (Wildman–Crippen LogP) is 4.19. The highest BCUT2D eigenvalue weighted by molar-refractivity contribution is 14.1. The number of halogens is 4. The number of hydrogen-bond donors (Lipinski definition) is 0. The molecule has 0 fully saturated rings. The van der Waals surface area contributed by atoms with Gasteiger partial charge in [-0.3, -0.25) is 4.79 Å². The van der Waals surface area contributed by atoms with Crippen LogP contribution in [-0.4, -0.2) is 10.6 Å². The van der Waals surface area contributed by atoms with Gasteiger partial charge in [-0.1, -0.05) is 15.9 Å². The minimum Gasteiger partial charge on any atom is -0.293 e. The van der Waals surface area contributed by atoms with E-state index in [0.29, 0.717) is 9.13 Å². The average Bonchev–Trinajstić information content (AvgIpc) is 2.15. The van der Waals surface area contributed by atoms with Gasteiger partial charge in [-0.15, -0.1) is 0 Å². The third-order valence-electron chi connectivity index (χ3n) is 1.82. The Balaban J connectivity index is 3.14. The van der Waals surface area contributed by atoms with Gasteiger partial charge in [0.25, 0.3) is 6.43 Å². The van der Waals surface area contributed by atoms with Crippen LogP contribution in [0.2, 0.25) is 0 Å². The maximum atomic E-state index is 12.5. The molecule has 1 unspecified atom stereocenters. The number of ketones is 1. The van der Waals surface area contributed by atoms with Crippen LogP contribution in [0.4, 0.5) is 8.78 Å². The summed E-state index contributed by atoms with van der Waals surface area (Å²) in [5.41, 5.74) is 0.208. The van der Waals surface area contributed by atoms with Crippen molar-refractivity contribution in [2.24, 2.45) is 0 Å². The van der Waals surface area contributed by atoms with Crippen LogP contribution in [0, 0.1) is 3.57 Å². The summed E-state index contributed by atoms with van der Waals surface area (Å²) >= 11 is 5.04. The molecule has 82 valence electrons. The lowest BCUT2D eigenvalue weighted by atomic mass is 10.1. The number of carbonyl (C=O) groups is 1. The molecule has 0 aliphatic heterocycles. The normalized spacial score (nSPS) is 12.9. The van der Waals surface area contributed by atoms with Gasteiger partial charge >= 0.3 is 0 Å². The van der Waals surface area contributed by atoms with Crippen molar-refractivity contribution < 1.29 is 13.6 Å². The van der Waals surface area contributed by atoms with Gasteiger partial charge in [-0.2, -0.15) is 0 Å². The third-order valence-corrected chi connectivity index (χ3v) is 2.86. The predicted molar refractivity (Wildman–Crippen MR) is 66.8 cm³/mol. The van der Waals surface area contributed by atoms with Crippen molar-refractivity contribution in [1.82, 2.24) is 0 Å². The van der Waals surface area contributed by atoms with Gasteiger partial charge in [0.1, 0.15) is 0 Å². The largest absolute Gasteiger partial charge is 0.293 e. The molecular formula is C10H8BrF2IO. The van der Waals surface area contributed by atoms with Crippen molar-refractivity contribution in [2.75, 3.05) is 0 Å². The number of carbonyl (C=O) groups excluding carboxylic acids is 1. The Labute approximate surface area is 109 Å². The second kappa shape index (κ2) is 5.34. The second-order valence-corrected chi connectivity index (χ2v) is 5.67. The van der Waals surface area contributed by atoms with Gasteiger partial charge in [0.05, 0.1) is 4.83 Å². The fraction of sp³-hybridized carbons (Fsp3) is 0.300. The smallest absolute Gasteiger partial charge is 0.263 e. The number of benzene rings is 1. The number of rotatable bonds is 3. The lowest BCUT2D eigenvalue weighted by Crippen LogP contribution is -2.10. The Kier molecular flexibility index (Phi) is 4.64. The monoisotopic (exact) mass is 388 g/mol. The van der Waals surface area contributed by atoms with E-state index < -0.39 is 6.43 Å². The van der Waals surface area contributed by atoms with Crippen molar-refractivity contribution in [3.63, 3.8) is 0 Å². The van der Waals surface area contributed by atoms with Crippen LogP contribution < -0.4 is 0 Å². The van der Waals surface area contributed by atoms with Gasteiger partial charge in [0, 0.05) is 14.7 Å². The van der Waals surface area contributed by atoms with E-state index in [9.17, 15) is 13.6 Å². The van der Waals surface area contributed by atoms with Crippen molar-refractivity contribution in [3.05, 3.63) is 32.9 Å². The first-order chi connectivity index (χ1) is 6.91. The van der Waals surface area contributed by atoms with Crippen LogP contribution >= 0.6 is 38.5 Å². The maximum Gasteiger partial charge on any atom is 0.263 e. The highest BCUT2D eigenvalue weighted by Gasteiger charge is 2.16. The molecule has 0 N–H and O–H groups in total. The third kappa shape index (κ3) is 3.48. The summed E-state index contributed by atoms with van der Waals surface area (Å²) in [4.78, 5) is 11.2. The fourth-order valence-corrected chi connectivity index (χ4v) is 2.07. The number of alkyl halides is 3. The first-order valence-electron chi connectivity index (χ1n) is 4.18. The van der Waals surface area contributed by atoms with Crippen molar-refractivity contribution in [2.45, 2.75) is 18.2 Å². The molecule has 0 aliphatic rings. The van der Waals surface area contributed by atoms with Crippen molar-refractivity contribution in [1.29, 1.82) is 0 Å². The zero-order valence-electron chi connectivity index (χ0n) is 7.81. The van der Waals surface area contributed by atoms with E-state index in [1.165, 1.54) is 12.1 Å². The molecule has 0 amide bonds. The van der Waals surface area contributed by atoms with Crippen LogP contribution in [0.5, 0.6) is 0 Å². The maximum absolute atomic E-state index is 12.5. The lowest BCUT2D eigenvalue weighted by molar-refractivity contribution is 0.0995. The summed E-state index contributed by atoms with van der Waals surface area (Å²) < 4.78 is 25.6. The first kappa shape index (κ1) is 13.0. The molecule has 1 nitrogen and oxygen atoms in total. The Morgan fingerprint density at radius 2 is 2.00 bits per heavy atom. The minimum atomic E-state index is -2.54. The molecule has 0 aliphatic carbocycles. The number of Topliss-reactive ketones (excluding diaryl/α,β-unsaturated/α-hetero) is 1. The van der Waals surface area contributed by atoms with E-state index in [4.69, 9.17) is 0 Å². The van der Waals surface area contributed by atoms with Crippen LogP contribution in [0.15, 0.2) is 18.2 Å². The molecule has 1 atom stereocenters. The van der Waals surface area contributed by atoms with Crippen LogP contribution in [0.1, 0.15) is 29.3 Å². The van der Waals surface area contributed by atoms with Gasteiger partial charge in [-0.05, 0) is 47.7 Å². The zero-order valence-corrected chi connectivity index (χ0v) is 11.6. The van der Waals surface area contributed by atoms with Crippen LogP contribution in [0.25, 0.3) is 0 Å². The molecule has 0 aromatic heterocycles. The molecule has 0 spiro atoms. The Morgan fingerprint density at radius 3 is 2.47 bits per heavy atom. The highest BCUT2D eigenvalue weighted by Crippen LogP contribution is 2.23. The molecule has 1 rings (SSSR count). The molecule has 0 saturated heterocycles. The summed E-state index contributed by atoms with van der Waals surface area (Å²) in [6.45, 7) is 1.67. The van der Waals surface area contributed by atoms with E-state index in [1.54, 1.807) is 13.0 Å². The number of hydrogen-bond acceptors (Lipinski definition) is 1. The Bertz CT molecular complexity index is 380. The molecule has 1 aromatic carbocycles. The standard InChI is InChI=1S/C10H8BrF2IO/c1-5(11)9(15)6-2-7(10(12)13)4-8(14)3-6/h2-5,10H,1H3. The van der Waals surface area contributed by atoms with Crippen molar-refractivity contribution in [3.8, 4) is 0 Å². The molecule has 1 aromatic rings. The van der Waals surface area contributed by atoms with Gasteiger partial charge in [-0.25, -0.2) is 8.78 Å². The zero-order chi connectivity index (χ0) is 11.6. The molecule has 0 radical (unpaired) electrons. The van der Waals surface area contributed by atoms with E-state index in [2.05, 4.69) is 15.9 Å².